The quantitative estimate of drug-likeness (QED) is 0.302. The number of amides is 1. The van der Waals surface area contributed by atoms with Crippen molar-refractivity contribution in [2.24, 2.45) is 5.92 Å². The summed E-state index contributed by atoms with van der Waals surface area (Å²) in [5, 5.41) is 6.79. The van der Waals surface area contributed by atoms with Gasteiger partial charge in [0.2, 0.25) is 5.88 Å². The monoisotopic (exact) mass is 564 g/mol. The lowest BCUT2D eigenvalue weighted by atomic mass is 9.96. The van der Waals surface area contributed by atoms with Crippen molar-refractivity contribution in [2.75, 3.05) is 26.2 Å². The number of carbonyl (C=O) groups is 1. The summed E-state index contributed by atoms with van der Waals surface area (Å²) in [4.78, 5) is 23.5. The first-order valence-corrected chi connectivity index (χ1v) is 13.3. The molecule has 1 aliphatic heterocycles. The van der Waals surface area contributed by atoms with Gasteiger partial charge in [-0.15, -0.1) is 11.3 Å². The number of rotatable bonds is 9. The summed E-state index contributed by atoms with van der Waals surface area (Å²) in [5.74, 6) is -0.691. The lowest BCUT2D eigenvalue weighted by molar-refractivity contribution is 0.0867. The number of fused-ring (bicyclic) bond motifs is 1. The van der Waals surface area contributed by atoms with Crippen LogP contribution in [0, 0.1) is 11.7 Å². The zero-order chi connectivity index (χ0) is 26.6. The minimum absolute atomic E-state index is 0.00184. The lowest BCUT2D eigenvalue weighted by Gasteiger charge is -2.37. The standard InChI is InChI=1S/C25H24ClF3N6O2S/c26-16-2-1-3-17(27)21(16)25(36)30-12-18(23-22(24(28)29)31-14-38-23)34-9-5-15(6-10-34)13-37-20-7-11-35-19(33-20)4-8-32-35/h1-4,7-8,11,14-15,18,24H,5-6,9-10,12-13H2,(H,30,36). The topological polar surface area (TPSA) is 84.7 Å². The number of hydrogen-bond acceptors (Lipinski definition) is 7. The molecule has 1 fully saturated rings. The Morgan fingerprint density at radius 3 is 2.82 bits per heavy atom. The van der Waals surface area contributed by atoms with Gasteiger partial charge < -0.3 is 10.1 Å². The number of ether oxygens (including phenoxy) is 1. The van der Waals surface area contributed by atoms with Crippen LogP contribution in [0.4, 0.5) is 13.2 Å². The molecule has 0 spiro atoms. The summed E-state index contributed by atoms with van der Waals surface area (Å²) in [7, 11) is 0. The largest absolute Gasteiger partial charge is 0.477 e. The number of halogens is 4. The van der Waals surface area contributed by atoms with Gasteiger partial charge in [0, 0.05) is 24.9 Å². The van der Waals surface area contributed by atoms with Crippen LogP contribution in [0.25, 0.3) is 5.65 Å². The second-order valence-corrected chi connectivity index (χ2v) is 10.2. The number of likely N-dealkylation sites (tertiary alicyclic amines) is 1. The predicted molar refractivity (Wildman–Crippen MR) is 136 cm³/mol. The van der Waals surface area contributed by atoms with Gasteiger partial charge in [0.25, 0.3) is 12.3 Å². The molecule has 3 aromatic heterocycles. The zero-order valence-corrected chi connectivity index (χ0v) is 21.6. The second kappa shape index (κ2) is 11.7. The first-order valence-electron chi connectivity index (χ1n) is 12.0. The van der Waals surface area contributed by atoms with Gasteiger partial charge in [-0.3, -0.25) is 9.69 Å². The van der Waals surface area contributed by atoms with Crippen molar-refractivity contribution >= 4 is 34.5 Å². The van der Waals surface area contributed by atoms with Crippen molar-refractivity contribution in [3.8, 4) is 5.88 Å². The highest BCUT2D eigenvalue weighted by Crippen LogP contribution is 2.35. The summed E-state index contributed by atoms with van der Waals surface area (Å²) >= 11 is 7.15. The van der Waals surface area contributed by atoms with Crippen molar-refractivity contribution in [3.63, 3.8) is 0 Å². The molecular formula is C25H24ClF3N6O2S. The van der Waals surface area contributed by atoms with Gasteiger partial charge in [-0.1, -0.05) is 17.7 Å². The molecule has 1 N–H and O–H groups in total. The third-order valence-electron chi connectivity index (χ3n) is 6.57. The third-order valence-corrected chi connectivity index (χ3v) is 7.83. The Bertz CT molecular complexity index is 1390. The molecule has 1 saturated heterocycles. The van der Waals surface area contributed by atoms with Gasteiger partial charge >= 0.3 is 0 Å². The van der Waals surface area contributed by atoms with Crippen molar-refractivity contribution in [1.29, 1.82) is 0 Å². The van der Waals surface area contributed by atoms with Crippen molar-refractivity contribution in [1.82, 2.24) is 29.8 Å². The fraction of sp³-hybridized carbons (Fsp3) is 0.360. The van der Waals surface area contributed by atoms with E-state index in [-0.39, 0.29) is 28.7 Å². The van der Waals surface area contributed by atoms with E-state index >= 15 is 0 Å². The van der Waals surface area contributed by atoms with Crippen LogP contribution < -0.4 is 10.1 Å². The van der Waals surface area contributed by atoms with Gasteiger partial charge in [0.05, 0.1) is 39.8 Å². The normalized spacial score (nSPS) is 15.7. The summed E-state index contributed by atoms with van der Waals surface area (Å²) in [6.45, 7) is 1.68. The SMILES string of the molecule is O=C(NCC(c1scnc1C(F)F)N1CCC(COc2ccn3nccc3n2)CC1)c1c(F)cccc1Cl. The Kier molecular flexibility index (Phi) is 8.10. The van der Waals surface area contributed by atoms with E-state index in [0.717, 1.165) is 30.2 Å². The van der Waals surface area contributed by atoms with E-state index < -0.39 is 24.2 Å². The summed E-state index contributed by atoms with van der Waals surface area (Å²) < 4.78 is 49.2. The molecule has 13 heteroatoms. The Morgan fingerprint density at radius 2 is 2.05 bits per heavy atom. The van der Waals surface area contributed by atoms with Crippen molar-refractivity contribution in [3.05, 3.63) is 75.2 Å². The third kappa shape index (κ3) is 5.77. The van der Waals surface area contributed by atoms with E-state index in [9.17, 15) is 18.0 Å². The molecule has 1 unspecified atom stereocenters. The lowest BCUT2D eigenvalue weighted by Crippen LogP contribution is -2.43. The highest BCUT2D eigenvalue weighted by atomic mass is 35.5. The van der Waals surface area contributed by atoms with E-state index in [1.807, 2.05) is 0 Å². The molecule has 0 radical (unpaired) electrons. The van der Waals surface area contributed by atoms with E-state index in [0.29, 0.717) is 36.1 Å². The highest BCUT2D eigenvalue weighted by molar-refractivity contribution is 7.09. The smallest absolute Gasteiger partial charge is 0.281 e. The van der Waals surface area contributed by atoms with Crippen molar-refractivity contribution < 1.29 is 22.7 Å². The maximum atomic E-state index is 14.2. The van der Waals surface area contributed by atoms with Gasteiger partial charge in [-0.25, -0.2) is 22.7 Å². The van der Waals surface area contributed by atoms with Crippen LogP contribution in [0.1, 0.15) is 46.2 Å². The van der Waals surface area contributed by atoms with Gasteiger partial charge in [-0.05, 0) is 44.0 Å². The fourth-order valence-electron chi connectivity index (χ4n) is 4.57. The molecule has 1 aromatic carbocycles. The number of nitrogens with one attached hydrogen (secondary N) is 1. The minimum Gasteiger partial charge on any atom is -0.477 e. The molecule has 200 valence electrons. The highest BCUT2D eigenvalue weighted by Gasteiger charge is 2.32. The molecular weight excluding hydrogens is 541 g/mol. The van der Waals surface area contributed by atoms with Crippen LogP contribution in [-0.4, -0.2) is 56.6 Å². The molecule has 0 saturated carbocycles. The molecule has 1 atom stereocenters. The maximum Gasteiger partial charge on any atom is 0.281 e. The Labute approximate surface area is 225 Å². The second-order valence-electron chi connectivity index (χ2n) is 8.92. The van der Waals surface area contributed by atoms with Gasteiger partial charge in [0.1, 0.15) is 11.5 Å². The molecule has 4 heterocycles. The van der Waals surface area contributed by atoms with Gasteiger partial charge in [0.15, 0.2) is 5.65 Å². The summed E-state index contributed by atoms with van der Waals surface area (Å²) in [5.41, 5.74) is 1.50. The number of alkyl halides is 2. The average molecular weight is 565 g/mol. The summed E-state index contributed by atoms with van der Waals surface area (Å²) in [6, 6.07) is 6.97. The van der Waals surface area contributed by atoms with Crippen LogP contribution in [0.5, 0.6) is 5.88 Å². The maximum absolute atomic E-state index is 14.2. The molecule has 1 aliphatic rings. The molecule has 1 amide bonds. The number of benzene rings is 1. The van der Waals surface area contributed by atoms with Crippen LogP contribution in [0.15, 0.2) is 48.2 Å². The first-order chi connectivity index (χ1) is 18.4. The molecule has 8 nitrogen and oxygen atoms in total. The Balaban J connectivity index is 1.24. The molecule has 4 aromatic rings. The van der Waals surface area contributed by atoms with E-state index in [1.54, 1.807) is 29.0 Å². The Morgan fingerprint density at radius 1 is 1.24 bits per heavy atom. The molecule has 0 aliphatic carbocycles. The molecule has 5 rings (SSSR count). The molecule has 38 heavy (non-hydrogen) atoms. The van der Waals surface area contributed by atoms with E-state index in [1.165, 1.54) is 17.6 Å². The Hall–Kier alpha value is -3.22. The predicted octanol–water partition coefficient (Wildman–Crippen LogP) is 5.18. The van der Waals surface area contributed by atoms with Crippen molar-refractivity contribution in [2.45, 2.75) is 25.3 Å². The fourth-order valence-corrected chi connectivity index (χ4v) is 5.75. The number of aromatic nitrogens is 4. The zero-order valence-electron chi connectivity index (χ0n) is 20.1. The van der Waals surface area contributed by atoms with Crippen LogP contribution in [-0.2, 0) is 0 Å². The van der Waals surface area contributed by atoms with Gasteiger partial charge in [-0.2, -0.15) is 10.1 Å². The number of carbonyl (C=O) groups excluding carboxylic acids is 1. The number of nitrogens with zero attached hydrogens (tertiary/aromatic N) is 5. The molecule has 0 bridgehead atoms. The number of hydrogen-bond donors (Lipinski definition) is 1. The average Bonchev–Trinajstić information content (AvgIpc) is 3.58. The number of thiazole rings is 1. The van der Waals surface area contributed by atoms with Crippen LogP contribution in [0.3, 0.4) is 0 Å². The van der Waals surface area contributed by atoms with E-state index in [2.05, 4.69) is 25.3 Å². The van der Waals surface area contributed by atoms with Crippen LogP contribution >= 0.6 is 22.9 Å². The van der Waals surface area contributed by atoms with Crippen LogP contribution in [0.2, 0.25) is 5.02 Å². The summed E-state index contributed by atoms with van der Waals surface area (Å²) in [6.07, 6.45) is 2.22. The number of piperidine rings is 1. The minimum atomic E-state index is -2.75. The first kappa shape index (κ1) is 26.4. The van der Waals surface area contributed by atoms with E-state index in [4.69, 9.17) is 16.3 Å².